The van der Waals surface area contributed by atoms with E-state index in [9.17, 15) is 4.79 Å². The van der Waals surface area contributed by atoms with E-state index in [1.807, 2.05) is 35.2 Å². The lowest BCUT2D eigenvalue weighted by atomic mass is 10.0. The Bertz CT molecular complexity index is 417. The summed E-state index contributed by atoms with van der Waals surface area (Å²) in [4.78, 5) is 16.9. The van der Waals surface area contributed by atoms with Crippen LogP contribution >= 0.6 is 0 Å². The minimum atomic E-state index is -0.179. The van der Waals surface area contributed by atoms with Crippen molar-refractivity contribution in [2.24, 2.45) is 0 Å². The van der Waals surface area contributed by atoms with Gasteiger partial charge in [0, 0.05) is 26.2 Å². The third-order valence-corrected chi connectivity index (χ3v) is 4.00. The highest BCUT2D eigenvalue weighted by atomic mass is 16.2. The van der Waals surface area contributed by atoms with Gasteiger partial charge < -0.3 is 15.1 Å². The lowest BCUT2D eigenvalue weighted by Crippen LogP contribution is -2.52. The van der Waals surface area contributed by atoms with Crippen molar-refractivity contribution >= 4 is 5.91 Å². The van der Waals surface area contributed by atoms with E-state index in [0.717, 1.165) is 44.8 Å². The first-order chi connectivity index (χ1) is 9.76. The molecule has 2 rings (SSSR count). The maximum Gasteiger partial charge on any atom is 0.244 e. The lowest BCUT2D eigenvalue weighted by molar-refractivity contribution is -0.136. The Balaban J connectivity index is 1.97. The van der Waals surface area contributed by atoms with Crippen molar-refractivity contribution < 1.29 is 4.79 Å². The van der Waals surface area contributed by atoms with Gasteiger partial charge in [-0.2, -0.15) is 0 Å². The van der Waals surface area contributed by atoms with E-state index in [0.29, 0.717) is 0 Å². The lowest BCUT2D eigenvalue weighted by Gasteiger charge is -2.34. The van der Waals surface area contributed by atoms with E-state index in [-0.39, 0.29) is 11.9 Å². The molecule has 1 aliphatic heterocycles. The van der Waals surface area contributed by atoms with Gasteiger partial charge in [-0.1, -0.05) is 44.2 Å². The summed E-state index contributed by atoms with van der Waals surface area (Å²) in [7, 11) is 0. The van der Waals surface area contributed by atoms with E-state index >= 15 is 0 Å². The third kappa shape index (κ3) is 3.58. The maximum absolute atomic E-state index is 12.6. The van der Waals surface area contributed by atoms with Gasteiger partial charge in [0.1, 0.15) is 6.04 Å². The molecular formula is C16H25N3O. The minimum Gasteiger partial charge on any atom is -0.338 e. The number of carbonyl (C=O) groups is 1. The maximum atomic E-state index is 12.6. The number of hydrogen-bond donors (Lipinski definition) is 1. The molecule has 1 N–H and O–H groups in total. The highest BCUT2D eigenvalue weighted by Crippen LogP contribution is 2.18. The van der Waals surface area contributed by atoms with Gasteiger partial charge in [-0.25, -0.2) is 0 Å². The standard InChI is InChI=1S/C16H25N3O/c1-3-18(4-2)12-13-19-11-10-17-15(16(19)20)14-8-6-5-7-9-14/h5-9,15,17H,3-4,10-13H2,1-2H3. The second kappa shape index (κ2) is 7.41. The second-order valence-corrected chi connectivity index (χ2v) is 5.15. The van der Waals surface area contributed by atoms with Crippen LogP contribution in [0.3, 0.4) is 0 Å². The number of nitrogens with zero attached hydrogens (tertiary/aromatic N) is 2. The van der Waals surface area contributed by atoms with Gasteiger partial charge in [-0.05, 0) is 18.7 Å². The van der Waals surface area contributed by atoms with Gasteiger partial charge in [0.2, 0.25) is 5.91 Å². The molecule has 4 nitrogen and oxygen atoms in total. The summed E-state index contributed by atoms with van der Waals surface area (Å²) in [6.45, 7) is 9.86. The summed E-state index contributed by atoms with van der Waals surface area (Å²) < 4.78 is 0. The highest BCUT2D eigenvalue weighted by molar-refractivity contribution is 5.84. The Hall–Kier alpha value is -1.39. The summed E-state index contributed by atoms with van der Waals surface area (Å²) in [5, 5.41) is 3.33. The third-order valence-electron chi connectivity index (χ3n) is 4.00. The predicted octanol–water partition coefficient (Wildman–Crippen LogP) is 1.50. The molecule has 1 aromatic rings. The number of piperazine rings is 1. The molecule has 1 saturated heterocycles. The van der Waals surface area contributed by atoms with E-state index in [4.69, 9.17) is 0 Å². The van der Waals surface area contributed by atoms with Crippen LogP contribution in [0.1, 0.15) is 25.5 Å². The molecule has 0 saturated carbocycles. The van der Waals surface area contributed by atoms with Crippen LogP contribution in [0.2, 0.25) is 0 Å². The van der Waals surface area contributed by atoms with Crippen LogP contribution in [-0.2, 0) is 4.79 Å². The minimum absolute atomic E-state index is 0.179. The smallest absolute Gasteiger partial charge is 0.244 e. The summed E-state index contributed by atoms with van der Waals surface area (Å²) in [5.74, 6) is 0.203. The Morgan fingerprint density at radius 3 is 2.60 bits per heavy atom. The number of nitrogens with one attached hydrogen (secondary N) is 1. The molecule has 20 heavy (non-hydrogen) atoms. The number of hydrogen-bond acceptors (Lipinski definition) is 3. The summed E-state index contributed by atoms with van der Waals surface area (Å²) in [6.07, 6.45) is 0. The van der Waals surface area contributed by atoms with Crippen LogP contribution in [0.25, 0.3) is 0 Å². The Morgan fingerprint density at radius 2 is 1.95 bits per heavy atom. The molecule has 0 aromatic heterocycles. The molecule has 1 atom stereocenters. The molecule has 1 unspecified atom stereocenters. The summed E-state index contributed by atoms with van der Waals surface area (Å²) >= 11 is 0. The predicted molar refractivity (Wildman–Crippen MR) is 81.6 cm³/mol. The fraction of sp³-hybridized carbons (Fsp3) is 0.562. The number of rotatable bonds is 6. The first-order valence-electron chi connectivity index (χ1n) is 7.55. The number of benzene rings is 1. The Kier molecular flexibility index (Phi) is 5.56. The van der Waals surface area contributed by atoms with Crippen LogP contribution < -0.4 is 5.32 Å². The molecule has 0 aliphatic carbocycles. The zero-order valence-electron chi connectivity index (χ0n) is 12.5. The zero-order valence-corrected chi connectivity index (χ0v) is 12.5. The molecule has 0 bridgehead atoms. The van der Waals surface area contributed by atoms with Crippen molar-refractivity contribution in [3.63, 3.8) is 0 Å². The van der Waals surface area contributed by atoms with Gasteiger partial charge in [0.25, 0.3) is 0 Å². The van der Waals surface area contributed by atoms with Crippen molar-refractivity contribution in [3.05, 3.63) is 35.9 Å². The average Bonchev–Trinajstić information content (AvgIpc) is 2.50. The average molecular weight is 275 g/mol. The Morgan fingerprint density at radius 1 is 1.25 bits per heavy atom. The second-order valence-electron chi connectivity index (χ2n) is 5.15. The molecular weight excluding hydrogens is 250 g/mol. The van der Waals surface area contributed by atoms with E-state index < -0.39 is 0 Å². The Labute approximate surface area is 121 Å². The quantitative estimate of drug-likeness (QED) is 0.854. The zero-order chi connectivity index (χ0) is 14.4. The molecule has 1 aromatic carbocycles. The van der Waals surface area contributed by atoms with Crippen molar-refractivity contribution in [3.8, 4) is 0 Å². The van der Waals surface area contributed by atoms with Gasteiger partial charge in [-0.3, -0.25) is 4.79 Å². The highest BCUT2D eigenvalue weighted by Gasteiger charge is 2.29. The fourth-order valence-corrected chi connectivity index (χ4v) is 2.65. The van der Waals surface area contributed by atoms with Crippen LogP contribution in [0, 0.1) is 0 Å². The SMILES string of the molecule is CCN(CC)CCN1CCNC(c2ccccc2)C1=O. The van der Waals surface area contributed by atoms with Gasteiger partial charge in [-0.15, -0.1) is 0 Å². The van der Waals surface area contributed by atoms with Gasteiger partial charge in [0.15, 0.2) is 0 Å². The summed E-state index contributed by atoms with van der Waals surface area (Å²) in [6, 6.07) is 9.81. The summed E-state index contributed by atoms with van der Waals surface area (Å²) in [5.41, 5.74) is 1.06. The van der Waals surface area contributed by atoms with Gasteiger partial charge in [0.05, 0.1) is 0 Å². The van der Waals surface area contributed by atoms with Crippen molar-refractivity contribution in [2.45, 2.75) is 19.9 Å². The first-order valence-corrected chi connectivity index (χ1v) is 7.55. The van der Waals surface area contributed by atoms with Crippen molar-refractivity contribution in [1.29, 1.82) is 0 Å². The molecule has 4 heteroatoms. The normalized spacial score (nSPS) is 19.6. The first kappa shape index (κ1) is 15.0. The van der Waals surface area contributed by atoms with Crippen LogP contribution in [0.5, 0.6) is 0 Å². The molecule has 0 spiro atoms. The monoisotopic (exact) mass is 275 g/mol. The van der Waals surface area contributed by atoms with Crippen molar-refractivity contribution in [2.75, 3.05) is 39.3 Å². The molecule has 0 radical (unpaired) electrons. The largest absolute Gasteiger partial charge is 0.338 e. The van der Waals surface area contributed by atoms with E-state index in [1.165, 1.54) is 0 Å². The number of likely N-dealkylation sites (N-methyl/N-ethyl adjacent to an activating group) is 1. The number of carbonyl (C=O) groups excluding carboxylic acids is 1. The van der Waals surface area contributed by atoms with E-state index in [1.54, 1.807) is 0 Å². The van der Waals surface area contributed by atoms with Crippen LogP contribution in [-0.4, -0.2) is 55.0 Å². The van der Waals surface area contributed by atoms with Crippen molar-refractivity contribution in [1.82, 2.24) is 15.1 Å². The van der Waals surface area contributed by atoms with E-state index in [2.05, 4.69) is 24.1 Å². The molecule has 1 heterocycles. The topological polar surface area (TPSA) is 35.6 Å². The fourth-order valence-electron chi connectivity index (χ4n) is 2.65. The van der Waals surface area contributed by atoms with Crippen LogP contribution in [0.15, 0.2) is 30.3 Å². The molecule has 1 aliphatic rings. The number of amides is 1. The van der Waals surface area contributed by atoms with Gasteiger partial charge >= 0.3 is 0 Å². The molecule has 1 fully saturated rings. The van der Waals surface area contributed by atoms with Crippen LogP contribution in [0.4, 0.5) is 0 Å². The molecule has 110 valence electrons. The molecule has 1 amide bonds.